The second-order valence-electron chi connectivity index (χ2n) is 6.94. The van der Waals surface area contributed by atoms with Gasteiger partial charge < -0.3 is 19.5 Å². The molecule has 0 saturated carbocycles. The lowest BCUT2D eigenvalue weighted by Gasteiger charge is -2.24. The number of methoxy groups -OCH3 is 3. The van der Waals surface area contributed by atoms with Crippen molar-refractivity contribution >= 4 is 32.8 Å². The molecule has 31 heavy (non-hydrogen) atoms. The van der Waals surface area contributed by atoms with E-state index in [2.05, 4.69) is 5.32 Å². The summed E-state index contributed by atoms with van der Waals surface area (Å²) in [5.41, 5.74) is 1.20. The quantitative estimate of drug-likeness (QED) is 0.597. The van der Waals surface area contributed by atoms with Crippen LogP contribution in [0.4, 0.5) is 5.69 Å². The fourth-order valence-corrected chi connectivity index (χ4v) is 6.53. The highest BCUT2D eigenvalue weighted by Gasteiger charge is 2.34. The number of fused-ring (bicyclic) bond motifs is 1. The molecule has 0 unspecified atom stereocenters. The average Bonchev–Trinajstić information content (AvgIpc) is 3.22. The first-order valence-corrected chi connectivity index (χ1v) is 11.8. The molecule has 1 amide bonds. The van der Waals surface area contributed by atoms with Crippen molar-refractivity contribution in [3.8, 4) is 17.2 Å². The van der Waals surface area contributed by atoms with Gasteiger partial charge in [-0.3, -0.25) is 4.79 Å². The summed E-state index contributed by atoms with van der Waals surface area (Å²) in [7, 11) is 0.799. The number of nitrogens with one attached hydrogen (secondary N) is 1. The van der Waals surface area contributed by atoms with E-state index in [4.69, 9.17) is 14.2 Å². The smallest absolute Gasteiger partial charge is 0.225 e. The van der Waals surface area contributed by atoms with Crippen molar-refractivity contribution in [1.82, 2.24) is 0 Å². The van der Waals surface area contributed by atoms with E-state index < -0.39 is 9.84 Å². The van der Waals surface area contributed by atoms with E-state index in [9.17, 15) is 13.2 Å². The molecule has 162 valence electrons. The van der Waals surface area contributed by atoms with Crippen LogP contribution in [-0.2, 0) is 14.6 Å². The number of hydrogen-bond acceptors (Lipinski definition) is 7. The van der Waals surface area contributed by atoms with E-state index >= 15 is 0 Å². The van der Waals surface area contributed by atoms with E-state index in [1.807, 2.05) is 12.1 Å². The van der Waals surface area contributed by atoms with Gasteiger partial charge in [-0.15, -0.1) is 11.3 Å². The molecule has 1 aliphatic heterocycles. The van der Waals surface area contributed by atoms with Gasteiger partial charge in [-0.25, -0.2) is 8.42 Å². The van der Waals surface area contributed by atoms with Gasteiger partial charge in [0.2, 0.25) is 15.7 Å². The number of hydrogen-bond donors (Lipinski definition) is 1. The summed E-state index contributed by atoms with van der Waals surface area (Å²) in [6.07, 6.45) is 0.213. The van der Waals surface area contributed by atoms with Crippen LogP contribution in [0, 0.1) is 0 Å². The molecule has 0 aliphatic carbocycles. The second-order valence-corrected chi connectivity index (χ2v) is 9.77. The molecule has 1 N–H and O–H groups in total. The minimum absolute atomic E-state index is 0.0937. The topological polar surface area (TPSA) is 90.9 Å². The number of thiophene rings is 1. The number of sulfone groups is 1. The summed E-state index contributed by atoms with van der Waals surface area (Å²) in [6, 6.07) is 11.6. The lowest BCUT2D eigenvalue weighted by Crippen LogP contribution is -2.23. The first-order chi connectivity index (χ1) is 14.9. The molecule has 2 aromatic carbocycles. The Balaban J connectivity index is 1.78. The monoisotopic (exact) mass is 459 g/mol. The molecule has 7 nitrogen and oxygen atoms in total. The van der Waals surface area contributed by atoms with Crippen LogP contribution in [0.25, 0.3) is 0 Å². The normalized spacial score (nSPS) is 15.7. The Bertz CT molecular complexity index is 1230. The molecule has 0 bridgehead atoms. The zero-order chi connectivity index (χ0) is 22.2. The third-order valence-electron chi connectivity index (χ3n) is 5.23. The predicted molar refractivity (Wildman–Crippen MR) is 117 cm³/mol. The average molecular weight is 460 g/mol. The van der Waals surface area contributed by atoms with Crippen molar-refractivity contribution in [2.45, 2.75) is 22.1 Å². The lowest BCUT2D eigenvalue weighted by atomic mass is 9.90. The number of carbonyl (C=O) groups excluding carboxylic acids is 1. The largest absolute Gasteiger partial charge is 0.497 e. The van der Waals surface area contributed by atoms with Gasteiger partial charge in [-0.1, -0.05) is 6.07 Å². The Labute approximate surface area is 184 Å². The Kier molecular flexibility index (Phi) is 5.63. The van der Waals surface area contributed by atoms with Crippen LogP contribution in [0.2, 0.25) is 0 Å². The first-order valence-electron chi connectivity index (χ1n) is 9.41. The van der Waals surface area contributed by atoms with Crippen molar-refractivity contribution in [3.05, 3.63) is 58.3 Å². The molecule has 2 heterocycles. The maximum Gasteiger partial charge on any atom is 0.225 e. The fourth-order valence-electron chi connectivity index (χ4n) is 3.62. The Morgan fingerprint density at radius 2 is 1.68 bits per heavy atom. The highest BCUT2D eigenvalue weighted by atomic mass is 32.2. The maximum absolute atomic E-state index is 13.3. The summed E-state index contributed by atoms with van der Waals surface area (Å²) in [5, 5.41) is 4.36. The molecule has 0 spiro atoms. The van der Waals surface area contributed by atoms with Crippen molar-refractivity contribution in [1.29, 1.82) is 0 Å². The van der Waals surface area contributed by atoms with Crippen molar-refractivity contribution in [3.63, 3.8) is 0 Å². The molecular weight excluding hydrogens is 438 g/mol. The third kappa shape index (κ3) is 3.75. The summed E-state index contributed by atoms with van der Waals surface area (Å²) < 4.78 is 42.3. The minimum Gasteiger partial charge on any atom is -0.497 e. The summed E-state index contributed by atoms with van der Waals surface area (Å²) >= 11 is 1.32. The van der Waals surface area contributed by atoms with Gasteiger partial charge in [0.1, 0.15) is 10.6 Å². The molecule has 3 aromatic rings. The van der Waals surface area contributed by atoms with Gasteiger partial charge >= 0.3 is 0 Å². The minimum atomic E-state index is -3.82. The summed E-state index contributed by atoms with van der Waals surface area (Å²) in [5.74, 6) is 1.18. The second kappa shape index (κ2) is 8.24. The number of carbonyl (C=O) groups is 1. The Morgan fingerprint density at radius 1 is 0.968 bits per heavy atom. The number of ether oxygens (including phenoxy) is 3. The number of amides is 1. The van der Waals surface area contributed by atoms with Crippen LogP contribution in [0.15, 0.2) is 57.6 Å². The van der Waals surface area contributed by atoms with Gasteiger partial charge in [0.15, 0.2) is 11.5 Å². The molecule has 0 radical (unpaired) electrons. The van der Waals surface area contributed by atoms with Gasteiger partial charge in [0.25, 0.3) is 0 Å². The fraction of sp³-hybridized carbons (Fsp3) is 0.227. The van der Waals surface area contributed by atoms with E-state index in [-0.39, 0.29) is 28.0 Å². The molecular formula is C22H21NO6S2. The van der Waals surface area contributed by atoms with Crippen molar-refractivity contribution in [2.75, 3.05) is 26.6 Å². The highest BCUT2D eigenvalue weighted by Crippen LogP contribution is 2.47. The molecule has 0 saturated heterocycles. The van der Waals surface area contributed by atoms with E-state index in [0.717, 1.165) is 10.4 Å². The van der Waals surface area contributed by atoms with E-state index in [0.29, 0.717) is 22.9 Å². The molecule has 0 fully saturated rings. The Hall–Kier alpha value is -3.04. The standard InChI is InChI=1S/C22H21NO6S2/c1-27-14-5-7-15(8-6-14)31(25,26)19-12-30-22-16(11-20(24)23-21(19)22)13-4-9-17(28-2)18(10-13)29-3/h4-10,12,16H,11H2,1-3H3,(H,23,24)/t16-/m1/s1. The first kappa shape index (κ1) is 21.2. The Morgan fingerprint density at radius 3 is 2.32 bits per heavy atom. The number of benzene rings is 2. The van der Waals surface area contributed by atoms with Crippen LogP contribution in [0.3, 0.4) is 0 Å². The summed E-state index contributed by atoms with van der Waals surface area (Å²) in [6.45, 7) is 0. The zero-order valence-electron chi connectivity index (χ0n) is 17.2. The maximum atomic E-state index is 13.3. The molecule has 1 aliphatic rings. The van der Waals surface area contributed by atoms with Crippen molar-refractivity contribution in [2.24, 2.45) is 0 Å². The lowest BCUT2D eigenvalue weighted by molar-refractivity contribution is -0.116. The van der Waals surface area contributed by atoms with Gasteiger partial charge in [-0.05, 0) is 42.0 Å². The number of rotatable bonds is 6. The van der Waals surface area contributed by atoms with Crippen LogP contribution < -0.4 is 19.5 Å². The van der Waals surface area contributed by atoms with Crippen molar-refractivity contribution < 1.29 is 27.4 Å². The van der Waals surface area contributed by atoms with Gasteiger partial charge in [0, 0.05) is 22.6 Å². The molecule has 9 heteroatoms. The van der Waals surface area contributed by atoms with Crippen LogP contribution in [0.5, 0.6) is 17.2 Å². The number of anilines is 1. The van der Waals surface area contributed by atoms with Gasteiger partial charge in [-0.2, -0.15) is 0 Å². The predicted octanol–water partition coefficient (Wildman–Crippen LogP) is 4.08. The SMILES string of the molecule is COc1ccc(S(=O)(=O)c2csc3c2NC(=O)C[C@@H]3c2ccc(OC)c(OC)c2)cc1. The third-order valence-corrected chi connectivity index (χ3v) is 8.26. The molecule has 1 atom stereocenters. The molecule has 4 rings (SSSR count). The molecule has 1 aromatic heterocycles. The van der Waals surface area contributed by atoms with Crippen LogP contribution in [-0.4, -0.2) is 35.7 Å². The zero-order valence-corrected chi connectivity index (χ0v) is 18.8. The van der Waals surface area contributed by atoms with Gasteiger partial charge in [0.05, 0.1) is 31.9 Å². The van der Waals surface area contributed by atoms with E-state index in [1.165, 1.54) is 30.6 Å². The van der Waals surface area contributed by atoms with Crippen LogP contribution in [0.1, 0.15) is 22.8 Å². The van der Waals surface area contributed by atoms with Crippen LogP contribution >= 0.6 is 11.3 Å². The summed E-state index contributed by atoms with van der Waals surface area (Å²) in [4.78, 5) is 13.5. The highest BCUT2D eigenvalue weighted by molar-refractivity contribution is 7.91. The van der Waals surface area contributed by atoms with E-state index in [1.54, 1.807) is 37.8 Å².